The van der Waals surface area contributed by atoms with Crippen molar-refractivity contribution in [1.82, 2.24) is 19.1 Å². The van der Waals surface area contributed by atoms with Crippen LogP contribution in [0.2, 0.25) is 0 Å². The predicted octanol–water partition coefficient (Wildman–Crippen LogP) is 4.44. The van der Waals surface area contributed by atoms with Crippen molar-refractivity contribution in [3.05, 3.63) is 69.1 Å². The smallest absolute Gasteiger partial charge is 0.354 e. The van der Waals surface area contributed by atoms with Crippen LogP contribution in [0.15, 0.2) is 52.1 Å². The van der Waals surface area contributed by atoms with Gasteiger partial charge in [-0.1, -0.05) is 32.8 Å². The molecule has 0 bridgehead atoms. The Labute approximate surface area is 204 Å². The summed E-state index contributed by atoms with van der Waals surface area (Å²) >= 11 is 0. The molecular weight excluding hydrogens is 444 g/mol. The SMILES string of the molecule is CCCn1c(=O)nc(Nc2ccc(Oc3cccc(C#N)n3)cc2)n(CC2CCC(C)CC2)c1=O. The van der Waals surface area contributed by atoms with Gasteiger partial charge in [-0.2, -0.15) is 10.2 Å². The van der Waals surface area contributed by atoms with Crippen molar-refractivity contribution in [1.29, 1.82) is 5.26 Å². The number of anilines is 2. The van der Waals surface area contributed by atoms with Gasteiger partial charge < -0.3 is 10.1 Å². The molecule has 1 aliphatic rings. The van der Waals surface area contributed by atoms with Crippen LogP contribution in [-0.4, -0.2) is 19.1 Å². The maximum Gasteiger partial charge on any atom is 0.354 e. The third-order valence-electron chi connectivity index (χ3n) is 6.34. The van der Waals surface area contributed by atoms with E-state index in [4.69, 9.17) is 10.00 Å². The number of nitrogens with one attached hydrogen (secondary N) is 1. The number of nitrogens with zero attached hydrogens (tertiary/aromatic N) is 5. The summed E-state index contributed by atoms with van der Waals surface area (Å²) in [6.45, 7) is 5.08. The predicted molar refractivity (Wildman–Crippen MR) is 133 cm³/mol. The highest BCUT2D eigenvalue weighted by Gasteiger charge is 2.22. The maximum atomic E-state index is 13.2. The summed E-state index contributed by atoms with van der Waals surface area (Å²) in [7, 11) is 0. The second-order valence-corrected chi connectivity index (χ2v) is 9.11. The van der Waals surface area contributed by atoms with Crippen molar-refractivity contribution in [3.8, 4) is 17.7 Å². The van der Waals surface area contributed by atoms with Crippen molar-refractivity contribution in [2.45, 2.75) is 59.0 Å². The van der Waals surface area contributed by atoms with E-state index in [0.29, 0.717) is 48.7 Å². The highest BCUT2D eigenvalue weighted by Crippen LogP contribution is 2.30. The summed E-state index contributed by atoms with van der Waals surface area (Å²) in [6.07, 6.45) is 5.10. The lowest BCUT2D eigenvalue weighted by molar-refractivity contribution is 0.260. The van der Waals surface area contributed by atoms with Crippen LogP contribution in [-0.2, 0) is 13.1 Å². The van der Waals surface area contributed by atoms with E-state index in [2.05, 4.69) is 22.2 Å². The quantitative estimate of drug-likeness (QED) is 0.513. The highest BCUT2D eigenvalue weighted by molar-refractivity contribution is 5.54. The monoisotopic (exact) mass is 474 g/mol. The minimum absolute atomic E-state index is 0.253. The largest absolute Gasteiger partial charge is 0.439 e. The summed E-state index contributed by atoms with van der Waals surface area (Å²) < 4.78 is 8.55. The van der Waals surface area contributed by atoms with Crippen LogP contribution < -0.4 is 21.4 Å². The summed E-state index contributed by atoms with van der Waals surface area (Å²) in [5.41, 5.74) is 0.0735. The lowest BCUT2D eigenvalue weighted by Crippen LogP contribution is -2.43. The first-order chi connectivity index (χ1) is 17.0. The van der Waals surface area contributed by atoms with Crippen LogP contribution in [0.5, 0.6) is 11.6 Å². The number of aromatic nitrogens is 4. The van der Waals surface area contributed by atoms with Gasteiger partial charge in [-0.05, 0) is 61.4 Å². The Hall–Kier alpha value is -3.93. The Bertz CT molecular complexity index is 1310. The number of ether oxygens (including phenoxy) is 1. The number of pyridine rings is 1. The summed E-state index contributed by atoms with van der Waals surface area (Å²) in [5, 5.41) is 12.2. The minimum Gasteiger partial charge on any atom is -0.439 e. The fourth-order valence-electron chi connectivity index (χ4n) is 4.36. The molecule has 1 aliphatic carbocycles. The zero-order valence-corrected chi connectivity index (χ0v) is 20.1. The molecule has 1 N–H and O–H groups in total. The molecule has 182 valence electrons. The average Bonchev–Trinajstić information content (AvgIpc) is 2.86. The van der Waals surface area contributed by atoms with E-state index in [0.717, 1.165) is 25.7 Å². The third kappa shape index (κ3) is 5.96. The average molecular weight is 475 g/mol. The van der Waals surface area contributed by atoms with Gasteiger partial charge in [-0.25, -0.2) is 19.1 Å². The standard InChI is InChI=1S/C26H30N6O3/c1-3-15-31-25(33)30-24(32(26(31)34)17-19-9-7-18(2)8-10-19)29-20-11-13-22(14-12-20)35-23-6-4-5-21(16-27)28-23/h4-6,11-14,18-19H,3,7-10,15,17H2,1-2H3,(H,29,30,33). The van der Waals surface area contributed by atoms with Crippen LogP contribution in [0.4, 0.5) is 11.6 Å². The van der Waals surface area contributed by atoms with E-state index in [-0.39, 0.29) is 17.3 Å². The van der Waals surface area contributed by atoms with Gasteiger partial charge in [0.15, 0.2) is 0 Å². The second kappa shape index (κ2) is 11.0. The number of benzene rings is 1. The Kier molecular flexibility index (Phi) is 7.60. The fraction of sp³-hybridized carbons (Fsp3) is 0.423. The number of hydrogen-bond acceptors (Lipinski definition) is 7. The molecule has 1 aromatic carbocycles. The topological polar surface area (TPSA) is 115 Å². The molecule has 0 amide bonds. The van der Waals surface area contributed by atoms with E-state index in [1.807, 2.05) is 13.0 Å². The molecule has 35 heavy (non-hydrogen) atoms. The molecule has 0 aliphatic heterocycles. The Balaban J connectivity index is 1.57. The first kappa shape index (κ1) is 24.2. The molecular formula is C26H30N6O3. The summed E-state index contributed by atoms with van der Waals surface area (Å²) in [6, 6.07) is 14.0. The van der Waals surface area contributed by atoms with E-state index >= 15 is 0 Å². The Morgan fingerprint density at radius 2 is 1.80 bits per heavy atom. The van der Waals surface area contributed by atoms with Crippen molar-refractivity contribution in [2.75, 3.05) is 5.32 Å². The molecule has 3 aromatic rings. The van der Waals surface area contributed by atoms with Crippen molar-refractivity contribution in [2.24, 2.45) is 11.8 Å². The van der Waals surface area contributed by atoms with Crippen LogP contribution in [0.1, 0.15) is 51.6 Å². The zero-order valence-electron chi connectivity index (χ0n) is 20.1. The third-order valence-corrected chi connectivity index (χ3v) is 6.34. The van der Waals surface area contributed by atoms with E-state index in [1.54, 1.807) is 47.0 Å². The summed E-state index contributed by atoms with van der Waals surface area (Å²) in [4.78, 5) is 34.2. The molecule has 0 unspecified atom stereocenters. The van der Waals surface area contributed by atoms with Gasteiger partial charge in [0, 0.05) is 24.8 Å². The first-order valence-electron chi connectivity index (χ1n) is 12.1. The lowest BCUT2D eigenvalue weighted by atomic mass is 9.83. The second-order valence-electron chi connectivity index (χ2n) is 9.11. The molecule has 1 saturated carbocycles. The minimum atomic E-state index is -0.545. The molecule has 0 atom stereocenters. The van der Waals surface area contributed by atoms with Crippen molar-refractivity contribution in [3.63, 3.8) is 0 Å². The Morgan fingerprint density at radius 3 is 2.49 bits per heavy atom. The van der Waals surface area contributed by atoms with E-state index < -0.39 is 5.69 Å². The van der Waals surface area contributed by atoms with Gasteiger partial charge >= 0.3 is 11.4 Å². The highest BCUT2D eigenvalue weighted by atomic mass is 16.5. The molecule has 9 nitrogen and oxygen atoms in total. The zero-order chi connectivity index (χ0) is 24.8. The number of hydrogen-bond donors (Lipinski definition) is 1. The molecule has 0 spiro atoms. The van der Waals surface area contributed by atoms with Crippen molar-refractivity contribution >= 4 is 11.6 Å². The maximum absolute atomic E-state index is 13.2. The van der Waals surface area contributed by atoms with Crippen LogP contribution >= 0.6 is 0 Å². The molecule has 0 radical (unpaired) electrons. The molecule has 2 aromatic heterocycles. The lowest BCUT2D eigenvalue weighted by Gasteiger charge is -2.27. The molecule has 2 heterocycles. The van der Waals surface area contributed by atoms with Gasteiger partial charge in [-0.15, -0.1) is 0 Å². The molecule has 1 fully saturated rings. The van der Waals surface area contributed by atoms with E-state index in [9.17, 15) is 9.59 Å². The number of rotatable bonds is 8. The normalized spacial score (nSPS) is 17.5. The van der Waals surface area contributed by atoms with Gasteiger partial charge in [0.05, 0.1) is 0 Å². The first-order valence-corrected chi connectivity index (χ1v) is 12.1. The van der Waals surface area contributed by atoms with Gasteiger partial charge in [-0.3, -0.25) is 4.57 Å². The fourth-order valence-corrected chi connectivity index (χ4v) is 4.36. The number of nitriles is 1. The van der Waals surface area contributed by atoms with Crippen molar-refractivity contribution < 1.29 is 4.74 Å². The Morgan fingerprint density at radius 1 is 1.06 bits per heavy atom. The van der Waals surface area contributed by atoms with Crippen LogP contribution in [0.3, 0.4) is 0 Å². The van der Waals surface area contributed by atoms with Gasteiger partial charge in [0.1, 0.15) is 17.5 Å². The van der Waals surface area contributed by atoms with E-state index in [1.165, 1.54) is 4.57 Å². The summed E-state index contributed by atoms with van der Waals surface area (Å²) in [5.74, 6) is 2.21. The molecule has 0 saturated heterocycles. The van der Waals surface area contributed by atoms with Crippen LogP contribution in [0, 0.1) is 23.2 Å². The molecule has 9 heteroatoms. The van der Waals surface area contributed by atoms with Crippen LogP contribution in [0.25, 0.3) is 0 Å². The van der Waals surface area contributed by atoms with Gasteiger partial charge in [0.25, 0.3) is 0 Å². The molecule has 4 rings (SSSR count). The van der Waals surface area contributed by atoms with Gasteiger partial charge in [0.2, 0.25) is 11.8 Å².